The molecule has 0 aromatic heterocycles. The largest absolute Gasteiger partial charge is 0.452 e. The molecule has 0 bridgehead atoms. The van der Waals surface area contributed by atoms with Gasteiger partial charge in [0.25, 0.3) is 5.91 Å². The Morgan fingerprint density at radius 3 is 2.28 bits per heavy atom. The summed E-state index contributed by atoms with van der Waals surface area (Å²) in [5.41, 5.74) is 2.10. The number of esters is 1. The lowest BCUT2D eigenvalue weighted by Gasteiger charge is -2.19. The zero-order valence-corrected chi connectivity index (χ0v) is 14.3. The molecule has 1 amide bonds. The third-order valence-electron chi connectivity index (χ3n) is 3.74. The number of hydrogen-bond donors (Lipinski definition) is 0. The van der Waals surface area contributed by atoms with Crippen molar-refractivity contribution in [2.75, 3.05) is 18.1 Å². The average Bonchev–Trinajstić information content (AvgIpc) is 2.64. The van der Waals surface area contributed by atoms with Gasteiger partial charge in [-0.05, 0) is 35.7 Å². The minimum atomic E-state index is -0.561. The van der Waals surface area contributed by atoms with E-state index in [9.17, 15) is 9.59 Å². The fourth-order valence-electron chi connectivity index (χ4n) is 2.29. The third kappa shape index (κ3) is 4.92. The monoisotopic (exact) mass is 336 g/mol. The molecule has 0 unspecified atom stereocenters. The van der Waals surface area contributed by atoms with Gasteiger partial charge in [-0.3, -0.25) is 9.69 Å². The average molecular weight is 336 g/mol. The molecule has 5 heteroatoms. The van der Waals surface area contributed by atoms with Crippen molar-refractivity contribution in [1.29, 1.82) is 5.26 Å². The van der Waals surface area contributed by atoms with Crippen molar-refractivity contribution in [2.45, 2.75) is 19.8 Å². The van der Waals surface area contributed by atoms with Gasteiger partial charge in [0.05, 0.1) is 11.6 Å². The van der Waals surface area contributed by atoms with Crippen LogP contribution in [0, 0.1) is 11.3 Å². The number of hydrogen-bond acceptors (Lipinski definition) is 4. The zero-order valence-electron chi connectivity index (χ0n) is 14.3. The lowest BCUT2D eigenvalue weighted by atomic mass is 10.0. The van der Waals surface area contributed by atoms with Crippen LogP contribution in [0.2, 0.25) is 0 Å². The molecule has 25 heavy (non-hydrogen) atoms. The fraction of sp³-hybridized carbons (Fsp3) is 0.250. The Morgan fingerprint density at radius 2 is 1.72 bits per heavy atom. The van der Waals surface area contributed by atoms with E-state index in [0.717, 1.165) is 5.56 Å². The van der Waals surface area contributed by atoms with E-state index in [1.165, 1.54) is 4.90 Å². The molecule has 0 aliphatic heterocycles. The summed E-state index contributed by atoms with van der Waals surface area (Å²) in [6.45, 7) is 3.61. The first-order chi connectivity index (χ1) is 12.0. The second-order valence-electron chi connectivity index (χ2n) is 5.83. The smallest absolute Gasteiger partial charge is 0.338 e. The molecule has 0 aliphatic carbocycles. The van der Waals surface area contributed by atoms with Gasteiger partial charge in [0.1, 0.15) is 6.54 Å². The van der Waals surface area contributed by atoms with Crippen LogP contribution in [0.4, 0.5) is 5.69 Å². The highest BCUT2D eigenvalue weighted by atomic mass is 16.5. The SMILES string of the molecule is CC(C)c1ccc(C(=O)OCC(=O)N(CC#N)c2ccccc2)cc1. The summed E-state index contributed by atoms with van der Waals surface area (Å²) in [5.74, 6) is -0.634. The summed E-state index contributed by atoms with van der Waals surface area (Å²) < 4.78 is 5.10. The van der Waals surface area contributed by atoms with Crippen LogP contribution < -0.4 is 4.90 Å². The molecule has 2 rings (SSSR count). The molecule has 0 fully saturated rings. The number of para-hydroxylation sites is 1. The molecule has 2 aromatic rings. The molecule has 0 heterocycles. The maximum atomic E-state index is 12.3. The van der Waals surface area contributed by atoms with Gasteiger partial charge in [-0.1, -0.05) is 44.2 Å². The molecular formula is C20H20N2O3. The molecule has 0 atom stereocenters. The highest BCUT2D eigenvalue weighted by molar-refractivity contribution is 5.97. The van der Waals surface area contributed by atoms with Crippen molar-refractivity contribution in [2.24, 2.45) is 0 Å². The van der Waals surface area contributed by atoms with Crippen LogP contribution in [0.25, 0.3) is 0 Å². The number of nitriles is 1. The van der Waals surface area contributed by atoms with Gasteiger partial charge in [0, 0.05) is 5.69 Å². The van der Waals surface area contributed by atoms with E-state index in [-0.39, 0.29) is 6.54 Å². The summed E-state index contributed by atoms with van der Waals surface area (Å²) in [6, 6.07) is 17.9. The minimum Gasteiger partial charge on any atom is -0.452 e. The Kier molecular flexibility index (Phi) is 6.30. The number of rotatable bonds is 6. The molecule has 0 radical (unpaired) electrons. The van der Waals surface area contributed by atoms with Crippen LogP contribution in [-0.2, 0) is 9.53 Å². The molecule has 5 nitrogen and oxygen atoms in total. The summed E-state index contributed by atoms with van der Waals surface area (Å²) in [7, 11) is 0. The molecule has 0 aliphatic rings. The standard InChI is InChI=1S/C20H20N2O3/c1-15(2)16-8-10-17(11-9-16)20(24)25-14-19(23)22(13-12-21)18-6-4-3-5-7-18/h3-11,15H,13-14H2,1-2H3. The second-order valence-corrected chi connectivity index (χ2v) is 5.83. The van der Waals surface area contributed by atoms with Crippen LogP contribution in [0.15, 0.2) is 54.6 Å². The summed E-state index contributed by atoms with van der Waals surface area (Å²) in [6.07, 6.45) is 0. The Hall–Kier alpha value is -3.13. The van der Waals surface area contributed by atoms with E-state index < -0.39 is 18.5 Å². The lowest BCUT2D eigenvalue weighted by Crippen LogP contribution is -2.35. The third-order valence-corrected chi connectivity index (χ3v) is 3.74. The van der Waals surface area contributed by atoms with Gasteiger partial charge in [-0.25, -0.2) is 4.79 Å². The Morgan fingerprint density at radius 1 is 1.08 bits per heavy atom. The Bertz CT molecular complexity index is 762. The van der Waals surface area contributed by atoms with E-state index in [0.29, 0.717) is 17.2 Å². The molecule has 0 spiro atoms. The summed E-state index contributed by atoms with van der Waals surface area (Å²) in [4.78, 5) is 25.7. The van der Waals surface area contributed by atoms with E-state index in [2.05, 4.69) is 13.8 Å². The van der Waals surface area contributed by atoms with Crippen molar-refractivity contribution in [3.05, 3.63) is 65.7 Å². The molecule has 2 aromatic carbocycles. The van der Waals surface area contributed by atoms with Crippen LogP contribution in [0.1, 0.15) is 35.7 Å². The van der Waals surface area contributed by atoms with Gasteiger partial charge in [0.15, 0.2) is 6.61 Å². The maximum Gasteiger partial charge on any atom is 0.338 e. The summed E-state index contributed by atoms with van der Waals surface area (Å²) in [5, 5.41) is 8.92. The molecule has 128 valence electrons. The van der Waals surface area contributed by atoms with Gasteiger partial charge >= 0.3 is 5.97 Å². The van der Waals surface area contributed by atoms with E-state index in [1.54, 1.807) is 36.4 Å². The number of amides is 1. The maximum absolute atomic E-state index is 12.3. The number of carbonyl (C=O) groups is 2. The highest BCUT2D eigenvalue weighted by Crippen LogP contribution is 2.16. The molecular weight excluding hydrogens is 316 g/mol. The topological polar surface area (TPSA) is 70.4 Å². The quantitative estimate of drug-likeness (QED) is 0.598. The van der Waals surface area contributed by atoms with Crippen LogP contribution in [0.3, 0.4) is 0 Å². The molecule has 0 N–H and O–H groups in total. The first kappa shape index (κ1) is 18.2. The number of carbonyl (C=O) groups excluding carboxylic acids is 2. The normalized spacial score (nSPS) is 10.2. The van der Waals surface area contributed by atoms with E-state index >= 15 is 0 Å². The number of nitrogens with zero attached hydrogens (tertiary/aromatic N) is 2. The van der Waals surface area contributed by atoms with Gasteiger partial charge in [0.2, 0.25) is 0 Å². The minimum absolute atomic E-state index is 0.108. The lowest BCUT2D eigenvalue weighted by molar-refractivity contribution is -0.121. The second kappa shape index (κ2) is 8.65. The Balaban J connectivity index is 2.00. The van der Waals surface area contributed by atoms with Crippen molar-refractivity contribution in [1.82, 2.24) is 0 Å². The Labute approximate surface area is 147 Å². The fourth-order valence-corrected chi connectivity index (χ4v) is 2.29. The predicted molar refractivity (Wildman–Crippen MR) is 95.2 cm³/mol. The number of ether oxygens (including phenoxy) is 1. The molecule has 0 saturated carbocycles. The van der Waals surface area contributed by atoms with Crippen LogP contribution >= 0.6 is 0 Å². The number of anilines is 1. The highest BCUT2D eigenvalue weighted by Gasteiger charge is 2.18. The first-order valence-electron chi connectivity index (χ1n) is 8.02. The van der Waals surface area contributed by atoms with Gasteiger partial charge < -0.3 is 4.74 Å². The first-order valence-corrected chi connectivity index (χ1v) is 8.02. The van der Waals surface area contributed by atoms with Gasteiger partial charge in [-0.2, -0.15) is 5.26 Å². The zero-order chi connectivity index (χ0) is 18.2. The van der Waals surface area contributed by atoms with Crippen LogP contribution in [0.5, 0.6) is 0 Å². The van der Waals surface area contributed by atoms with E-state index in [1.807, 2.05) is 24.3 Å². The van der Waals surface area contributed by atoms with Crippen LogP contribution in [-0.4, -0.2) is 25.0 Å². The van der Waals surface area contributed by atoms with Gasteiger partial charge in [-0.15, -0.1) is 0 Å². The summed E-state index contributed by atoms with van der Waals surface area (Å²) >= 11 is 0. The predicted octanol–water partition coefficient (Wildman–Crippen LogP) is 3.52. The molecule has 0 saturated heterocycles. The number of benzene rings is 2. The van der Waals surface area contributed by atoms with Crippen molar-refractivity contribution < 1.29 is 14.3 Å². The van der Waals surface area contributed by atoms with Crippen molar-refractivity contribution >= 4 is 17.6 Å². The van der Waals surface area contributed by atoms with E-state index in [4.69, 9.17) is 10.00 Å². The van der Waals surface area contributed by atoms with Crippen molar-refractivity contribution in [3.63, 3.8) is 0 Å². The van der Waals surface area contributed by atoms with Crippen molar-refractivity contribution in [3.8, 4) is 6.07 Å².